The van der Waals surface area contributed by atoms with E-state index in [9.17, 15) is 0 Å². The van der Waals surface area contributed by atoms with Gasteiger partial charge in [-0.25, -0.2) is 4.98 Å². The molecule has 0 spiro atoms. The van der Waals surface area contributed by atoms with Crippen molar-refractivity contribution in [2.75, 3.05) is 0 Å². The maximum absolute atomic E-state index is 6.43. The number of hydrogen-bond donors (Lipinski definition) is 0. The molecule has 0 aliphatic rings. The van der Waals surface area contributed by atoms with Crippen molar-refractivity contribution in [2.24, 2.45) is 0 Å². The molecule has 0 aliphatic carbocycles. The first-order chi connectivity index (χ1) is 14.7. The maximum Gasteiger partial charge on any atom is 0.211 e. The van der Waals surface area contributed by atoms with Gasteiger partial charge in [0.2, 0.25) is 5.16 Å². The van der Waals surface area contributed by atoms with Gasteiger partial charge in [-0.2, -0.15) is 0 Å². The van der Waals surface area contributed by atoms with Crippen LogP contribution in [-0.2, 0) is 12.3 Å². The number of rotatable bonds is 5. The molecule has 0 bridgehead atoms. The number of nitrogens with zero attached hydrogens (tertiary/aromatic N) is 4. The molecule has 2 heterocycles. The Kier molecular flexibility index (Phi) is 5.34. The van der Waals surface area contributed by atoms with Crippen LogP contribution < -0.4 is 0 Å². The molecule has 0 fully saturated rings. The SMILES string of the molecule is Clc1ccc(CSc2nnc3c4ccccc4n(Cc4ccccc4Cl)c3n2)cc1. The maximum atomic E-state index is 6.43. The quantitative estimate of drug-likeness (QED) is 0.282. The van der Waals surface area contributed by atoms with E-state index in [0.717, 1.165) is 49.0 Å². The van der Waals surface area contributed by atoms with Gasteiger partial charge in [-0.05, 0) is 35.4 Å². The molecule has 148 valence electrons. The van der Waals surface area contributed by atoms with Gasteiger partial charge in [-0.15, -0.1) is 10.2 Å². The van der Waals surface area contributed by atoms with E-state index in [0.29, 0.717) is 11.7 Å². The molecule has 30 heavy (non-hydrogen) atoms. The van der Waals surface area contributed by atoms with Crippen molar-refractivity contribution in [1.29, 1.82) is 0 Å². The van der Waals surface area contributed by atoms with E-state index in [4.69, 9.17) is 28.2 Å². The molecule has 0 radical (unpaired) electrons. The molecule has 0 N–H and O–H groups in total. The van der Waals surface area contributed by atoms with E-state index in [-0.39, 0.29) is 0 Å². The van der Waals surface area contributed by atoms with Crippen LogP contribution in [0.25, 0.3) is 22.1 Å². The van der Waals surface area contributed by atoms with Crippen LogP contribution >= 0.6 is 35.0 Å². The van der Waals surface area contributed by atoms with Gasteiger partial charge in [0.15, 0.2) is 5.65 Å². The zero-order valence-electron chi connectivity index (χ0n) is 15.8. The van der Waals surface area contributed by atoms with Crippen LogP contribution in [0.4, 0.5) is 0 Å². The van der Waals surface area contributed by atoms with Gasteiger partial charge in [-0.3, -0.25) is 0 Å². The average molecular weight is 451 g/mol. The van der Waals surface area contributed by atoms with Crippen molar-refractivity contribution >= 4 is 57.0 Å². The fourth-order valence-corrected chi connectivity index (χ4v) is 4.50. The van der Waals surface area contributed by atoms with E-state index in [1.165, 1.54) is 0 Å². The number of hydrogen-bond acceptors (Lipinski definition) is 4. The zero-order valence-corrected chi connectivity index (χ0v) is 18.1. The third kappa shape index (κ3) is 3.76. The molecule has 5 aromatic rings. The first-order valence-electron chi connectivity index (χ1n) is 9.41. The monoisotopic (exact) mass is 450 g/mol. The van der Waals surface area contributed by atoms with E-state index in [1.54, 1.807) is 11.8 Å². The number of aromatic nitrogens is 4. The molecule has 0 aliphatic heterocycles. The Morgan fingerprint density at radius 2 is 1.60 bits per heavy atom. The highest BCUT2D eigenvalue weighted by Gasteiger charge is 2.16. The number of halogens is 2. The van der Waals surface area contributed by atoms with Gasteiger partial charge in [0.05, 0.1) is 12.1 Å². The molecule has 7 heteroatoms. The second-order valence-corrected chi connectivity index (χ2v) is 8.66. The van der Waals surface area contributed by atoms with Crippen molar-refractivity contribution in [3.63, 3.8) is 0 Å². The number of benzene rings is 3. The van der Waals surface area contributed by atoms with Gasteiger partial charge in [0, 0.05) is 21.2 Å². The van der Waals surface area contributed by atoms with Crippen molar-refractivity contribution in [3.8, 4) is 0 Å². The standard InChI is InChI=1S/C23H16Cl2N4S/c24-17-11-9-15(10-12-17)14-30-23-26-22-21(27-28-23)18-6-2-4-8-20(18)29(22)13-16-5-1-3-7-19(16)25/h1-12H,13-14H2. The van der Waals surface area contributed by atoms with Crippen LogP contribution in [0.2, 0.25) is 10.0 Å². The first kappa shape index (κ1) is 19.4. The van der Waals surface area contributed by atoms with Crippen LogP contribution in [0.1, 0.15) is 11.1 Å². The van der Waals surface area contributed by atoms with Crippen molar-refractivity contribution in [3.05, 3.63) is 94.0 Å². The predicted molar refractivity (Wildman–Crippen MR) is 124 cm³/mol. The van der Waals surface area contributed by atoms with Crippen LogP contribution in [-0.4, -0.2) is 19.7 Å². The molecule has 0 amide bonds. The van der Waals surface area contributed by atoms with E-state index < -0.39 is 0 Å². The molecule has 0 unspecified atom stereocenters. The van der Waals surface area contributed by atoms with Gasteiger partial charge < -0.3 is 4.57 Å². The van der Waals surface area contributed by atoms with Crippen LogP contribution in [0.3, 0.4) is 0 Å². The molecule has 4 nitrogen and oxygen atoms in total. The summed E-state index contributed by atoms with van der Waals surface area (Å²) in [7, 11) is 0. The lowest BCUT2D eigenvalue weighted by Gasteiger charge is -2.09. The Bertz CT molecular complexity index is 1350. The fourth-order valence-electron chi connectivity index (χ4n) is 3.44. The summed E-state index contributed by atoms with van der Waals surface area (Å²) in [6.45, 7) is 0.615. The lowest BCUT2D eigenvalue weighted by Crippen LogP contribution is -2.03. The molecule has 0 atom stereocenters. The Hall–Kier alpha value is -2.60. The predicted octanol–water partition coefficient (Wildman–Crippen LogP) is 6.63. The third-order valence-electron chi connectivity index (χ3n) is 4.92. The Morgan fingerprint density at radius 1 is 0.833 bits per heavy atom. The first-order valence-corrected chi connectivity index (χ1v) is 11.2. The minimum atomic E-state index is 0.615. The lowest BCUT2D eigenvalue weighted by atomic mass is 10.2. The Balaban J connectivity index is 1.55. The minimum absolute atomic E-state index is 0.615. The topological polar surface area (TPSA) is 43.6 Å². The summed E-state index contributed by atoms with van der Waals surface area (Å²) in [6, 6.07) is 23.8. The normalized spacial score (nSPS) is 11.4. The second kappa shape index (κ2) is 8.26. The van der Waals surface area contributed by atoms with Crippen LogP contribution in [0.15, 0.2) is 78.0 Å². The van der Waals surface area contributed by atoms with Gasteiger partial charge >= 0.3 is 0 Å². The second-order valence-electron chi connectivity index (χ2n) is 6.88. The van der Waals surface area contributed by atoms with Crippen molar-refractivity contribution in [1.82, 2.24) is 19.7 Å². The number of para-hydroxylation sites is 1. The molecule has 0 saturated heterocycles. The van der Waals surface area contributed by atoms with Crippen LogP contribution in [0.5, 0.6) is 0 Å². The summed E-state index contributed by atoms with van der Waals surface area (Å²) in [5, 5.41) is 12.0. The smallest absolute Gasteiger partial charge is 0.211 e. The van der Waals surface area contributed by atoms with Gasteiger partial charge in [0.25, 0.3) is 0 Å². The zero-order chi connectivity index (χ0) is 20.5. The Morgan fingerprint density at radius 3 is 2.43 bits per heavy atom. The van der Waals surface area contributed by atoms with E-state index in [2.05, 4.69) is 26.9 Å². The van der Waals surface area contributed by atoms with Gasteiger partial charge in [-0.1, -0.05) is 83.5 Å². The highest BCUT2D eigenvalue weighted by molar-refractivity contribution is 7.98. The number of fused-ring (bicyclic) bond motifs is 3. The van der Waals surface area contributed by atoms with Gasteiger partial charge in [0.1, 0.15) is 5.52 Å². The minimum Gasteiger partial charge on any atom is -0.319 e. The highest BCUT2D eigenvalue weighted by Crippen LogP contribution is 2.30. The van der Waals surface area contributed by atoms with Crippen molar-refractivity contribution < 1.29 is 0 Å². The van der Waals surface area contributed by atoms with E-state index in [1.807, 2.05) is 60.7 Å². The van der Waals surface area contributed by atoms with E-state index >= 15 is 0 Å². The molecule has 3 aromatic carbocycles. The molecule has 0 saturated carbocycles. The fraction of sp³-hybridized carbons (Fsp3) is 0.0870. The number of thioether (sulfide) groups is 1. The molecular weight excluding hydrogens is 435 g/mol. The summed E-state index contributed by atoms with van der Waals surface area (Å²) in [5.74, 6) is 0.745. The molecular formula is C23H16Cl2N4S. The lowest BCUT2D eigenvalue weighted by molar-refractivity contribution is 0.814. The van der Waals surface area contributed by atoms with Crippen LogP contribution in [0, 0.1) is 0 Å². The average Bonchev–Trinajstić information content (AvgIpc) is 3.08. The summed E-state index contributed by atoms with van der Waals surface area (Å²) in [5.41, 5.74) is 4.87. The molecule has 5 rings (SSSR count). The summed E-state index contributed by atoms with van der Waals surface area (Å²) < 4.78 is 2.16. The summed E-state index contributed by atoms with van der Waals surface area (Å²) >= 11 is 14.0. The summed E-state index contributed by atoms with van der Waals surface area (Å²) in [4.78, 5) is 4.85. The largest absolute Gasteiger partial charge is 0.319 e. The Labute approximate surface area is 187 Å². The molecule has 2 aromatic heterocycles. The highest BCUT2D eigenvalue weighted by atomic mass is 35.5. The summed E-state index contributed by atoms with van der Waals surface area (Å²) in [6.07, 6.45) is 0. The third-order valence-corrected chi connectivity index (χ3v) is 6.45. The van der Waals surface area contributed by atoms with Crippen molar-refractivity contribution in [2.45, 2.75) is 17.5 Å².